The Kier molecular flexibility index (Phi) is 54.1. The molecule has 0 aliphatic rings. The molecule has 388 valence electrons. The molecule has 2 unspecified atom stereocenters. The van der Waals surface area contributed by atoms with Gasteiger partial charge in [-0.2, -0.15) is 0 Å². The molecule has 0 saturated heterocycles. The number of esters is 1. The summed E-state index contributed by atoms with van der Waals surface area (Å²) >= 11 is 0. The quantitative estimate of drug-likeness (QED) is 0.0321. The third kappa shape index (κ3) is 51.5. The van der Waals surface area contributed by atoms with Crippen LogP contribution < -0.4 is 5.32 Å². The highest BCUT2D eigenvalue weighted by molar-refractivity contribution is 5.76. The molecule has 0 rings (SSSR count). The van der Waals surface area contributed by atoms with Crippen LogP contribution in [0.3, 0.4) is 0 Å². The summed E-state index contributed by atoms with van der Waals surface area (Å²) in [5.41, 5.74) is 0. The number of carbonyl (C=O) groups is 2. The minimum Gasteiger partial charge on any atom is -0.466 e. The molecule has 0 aromatic carbocycles. The second kappa shape index (κ2) is 55.7. The van der Waals surface area contributed by atoms with Crippen molar-refractivity contribution < 1.29 is 24.5 Å². The molecule has 0 spiro atoms. The van der Waals surface area contributed by atoms with Gasteiger partial charge in [-0.25, -0.2) is 0 Å². The van der Waals surface area contributed by atoms with Crippen molar-refractivity contribution in [2.24, 2.45) is 0 Å². The predicted octanol–water partition coefficient (Wildman–Crippen LogP) is 18.0. The highest BCUT2D eigenvalue weighted by atomic mass is 16.5. The number of hydrogen-bond acceptors (Lipinski definition) is 5. The van der Waals surface area contributed by atoms with Gasteiger partial charge in [0.15, 0.2) is 0 Å². The van der Waals surface area contributed by atoms with Gasteiger partial charge in [-0.1, -0.05) is 249 Å². The lowest BCUT2D eigenvalue weighted by atomic mass is 10.0. The Morgan fingerprint density at radius 1 is 0.424 bits per heavy atom. The van der Waals surface area contributed by atoms with Gasteiger partial charge in [0.2, 0.25) is 5.91 Å². The van der Waals surface area contributed by atoms with E-state index in [1.165, 1.54) is 225 Å². The first kappa shape index (κ1) is 64.1. The Labute approximate surface area is 411 Å². The number of unbranched alkanes of at least 4 members (excludes halogenated alkanes) is 37. The summed E-state index contributed by atoms with van der Waals surface area (Å²) in [4.78, 5) is 24.5. The lowest BCUT2D eigenvalue weighted by Crippen LogP contribution is -2.45. The van der Waals surface area contributed by atoms with E-state index in [4.69, 9.17) is 4.74 Å². The van der Waals surface area contributed by atoms with Crippen LogP contribution in [0.15, 0.2) is 36.5 Å². The molecule has 0 radical (unpaired) electrons. The number of carbonyl (C=O) groups excluding carboxylic acids is 2. The summed E-state index contributed by atoms with van der Waals surface area (Å²) in [6, 6.07) is -0.544. The number of aliphatic hydroxyl groups excluding tert-OH is 2. The summed E-state index contributed by atoms with van der Waals surface area (Å²) in [5.74, 6) is -0.0454. The molecule has 0 bridgehead atoms. The van der Waals surface area contributed by atoms with Gasteiger partial charge < -0.3 is 20.3 Å². The zero-order valence-corrected chi connectivity index (χ0v) is 44.2. The van der Waals surface area contributed by atoms with Gasteiger partial charge in [0.05, 0.1) is 25.4 Å². The van der Waals surface area contributed by atoms with Crippen molar-refractivity contribution in [2.45, 2.75) is 321 Å². The first-order valence-electron chi connectivity index (χ1n) is 29.2. The molecule has 0 fully saturated rings. The van der Waals surface area contributed by atoms with Gasteiger partial charge >= 0.3 is 5.97 Å². The topological polar surface area (TPSA) is 95.9 Å². The SMILES string of the molecule is CCCCCC/C=C\C/C=C\CCCCCCCC(=O)OCCCCCCCCCCCCCC/C=C\CCCCCCCCCC(=O)NC(CO)C(O)CCCCCCCCCCCC. The highest BCUT2D eigenvalue weighted by Crippen LogP contribution is 2.16. The number of hydrogen-bond donors (Lipinski definition) is 3. The van der Waals surface area contributed by atoms with Gasteiger partial charge in [-0.3, -0.25) is 9.59 Å². The molecule has 0 aromatic rings. The van der Waals surface area contributed by atoms with Crippen LogP contribution in [0, 0.1) is 0 Å². The predicted molar refractivity (Wildman–Crippen MR) is 287 cm³/mol. The Balaban J connectivity index is 3.39. The molecule has 0 saturated carbocycles. The van der Waals surface area contributed by atoms with E-state index < -0.39 is 12.1 Å². The zero-order valence-electron chi connectivity index (χ0n) is 44.2. The second-order valence-corrected chi connectivity index (χ2v) is 20.0. The Bertz CT molecular complexity index is 1070. The smallest absolute Gasteiger partial charge is 0.305 e. The summed E-state index contributed by atoms with van der Waals surface area (Å²) < 4.78 is 5.48. The molecule has 0 aliphatic carbocycles. The van der Waals surface area contributed by atoms with Crippen LogP contribution in [-0.2, 0) is 14.3 Å². The normalized spacial score (nSPS) is 12.8. The van der Waals surface area contributed by atoms with E-state index in [9.17, 15) is 19.8 Å². The molecule has 6 nitrogen and oxygen atoms in total. The molecular formula is C60H113NO5. The fraction of sp³-hybridized carbons (Fsp3) is 0.867. The summed E-state index contributed by atoms with van der Waals surface area (Å²) in [7, 11) is 0. The molecule has 2 atom stereocenters. The zero-order chi connectivity index (χ0) is 47.9. The standard InChI is InChI=1S/C60H113NO5/c1-3-5-7-9-11-13-15-16-17-28-31-34-38-42-46-50-54-60(65)66-55-51-47-43-39-35-32-29-26-24-22-20-18-19-21-23-25-27-30-33-37-41-45-49-53-59(64)61-57(56-62)58(63)52-48-44-40-36-14-12-10-8-6-4-2/h13,15,17,21,23,28,57-58,62-63H,3-12,14,16,18-20,22,24-27,29-56H2,1-2H3,(H,61,64)/b15-13-,23-21-,28-17-. The monoisotopic (exact) mass is 928 g/mol. The molecular weight excluding hydrogens is 815 g/mol. The maximum absolute atomic E-state index is 12.4. The Hall–Kier alpha value is -1.92. The average Bonchev–Trinajstić information content (AvgIpc) is 3.32. The summed E-state index contributed by atoms with van der Waals surface area (Å²) in [5, 5.41) is 23.1. The number of aliphatic hydroxyl groups is 2. The van der Waals surface area contributed by atoms with E-state index in [1.54, 1.807) is 0 Å². The molecule has 0 aromatic heterocycles. The minimum absolute atomic E-state index is 0.00227. The first-order valence-corrected chi connectivity index (χ1v) is 29.2. The number of nitrogens with one attached hydrogen (secondary N) is 1. The lowest BCUT2D eigenvalue weighted by Gasteiger charge is -2.22. The van der Waals surface area contributed by atoms with Gasteiger partial charge in [0.1, 0.15) is 0 Å². The third-order valence-electron chi connectivity index (χ3n) is 13.4. The second-order valence-electron chi connectivity index (χ2n) is 20.0. The molecule has 66 heavy (non-hydrogen) atoms. The maximum Gasteiger partial charge on any atom is 0.305 e. The number of ether oxygens (including phenoxy) is 1. The molecule has 1 amide bonds. The van der Waals surface area contributed by atoms with Crippen LogP contribution >= 0.6 is 0 Å². The van der Waals surface area contributed by atoms with Crippen molar-refractivity contribution >= 4 is 11.9 Å². The third-order valence-corrected chi connectivity index (χ3v) is 13.4. The van der Waals surface area contributed by atoms with Crippen LogP contribution in [0.4, 0.5) is 0 Å². The fourth-order valence-electron chi connectivity index (χ4n) is 8.90. The van der Waals surface area contributed by atoms with Gasteiger partial charge in [0.25, 0.3) is 0 Å². The lowest BCUT2D eigenvalue weighted by molar-refractivity contribution is -0.143. The van der Waals surface area contributed by atoms with E-state index in [0.717, 1.165) is 51.4 Å². The maximum atomic E-state index is 12.4. The highest BCUT2D eigenvalue weighted by Gasteiger charge is 2.20. The van der Waals surface area contributed by atoms with E-state index in [0.29, 0.717) is 25.9 Å². The van der Waals surface area contributed by atoms with Crippen molar-refractivity contribution in [3.05, 3.63) is 36.5 Å². The van der Waals surface area contributed by atoms with Crippen LogP contribution in [0.2, 0.25) is 0 Å². The largest absolute Gasteiger partial charge is 0.466 e. The van der Waals surface area contributed by atoms with E-state index in [-0.39, 0.29) is 18.5 Å². The van der Waals surface area contributed by atoms with Crippen molar-refractivity contribution in [1.29, 1.82) is 0 Å². The van der Waals surface area contributed by atoms with Crippen LogP contribution in [0.1, 0.15) is 309 Å². The van der Waals surface area contributed by atoms with Crippen LogP contribution in [0.25, 0.3) is 0 Å². The van der Waals surface area contributed by atoms with Crippen LogP contribution in [-0.4, -0.2) is 47.4 Å². The van der Waals surface area contributed by atoms with Gasteiger partial charge in [-0.05, 0) is 83.5 Å². The first-order chi connectivity index (χ1) is 32.5. The summed E-state index contributed by atoms with van der Waals surface area (Å²) in [6.45, 7) is 4.91. The molecule has 3 N–H and O–H groups in total. The average molecular weight is 929 g/mol. The van der Waals surface area contributed by atoms with Crippen molar-refractivity contribution in [1.82, 2.24) is 5.32 Å². The van der Waals surface area contributed by atoms with E-state index in [2.05, 4.69) is 55.6 Å². The molecule has 0 aliphatic heterocycles. The van der Waals surface area contributed by atoms with Crippen LogP contribution in [0.5, 0.6) is 0 Å². The van der Waals surface area contributed by atoms with E-state index in [1.807, 2.05) is 0 Å². The van der Waals surface area contributed by atoms with Crippen molar-refractivity contribution in [3.8, 4) is 0 Å². The fourth-order valence-corrected chi connectivity index (χ4v) is 8.90. The summed E-state index contributed by atoms with van der Waals surface area (Å²) in [6.07, 6.45) is 68.6. The van der Waals surface area contributed by atoms with Crippen molar-refractivity contribution in [2.75, 3.05) is 13.2 Å². The number of rotatable bonds is 54. The molecule has 6 heteroatoms. The molecule has 0 heterocycles. The Morgan fingerprint density at radius 2 is 0.758 bits per heavy atom. The number of amides is 1. The van der Waals surface area contributed by atoms with Gasteiger partial charge in [0, 0.05) is 12.8 Å². The number of allylic oxidation sites excluding steroid dienone is 6. The minimum atomic E-state index is -0.666. The van der Waals surface area contributed by atoms with Crippen molar-refractivity contribution in [3.63, 3.8) is 0 Å². The Morgan fingerprint density at radius 3 is 1.18 bits per heavy atom. The van der Waals surface area contributed by atoms with Gasteiger partial charge in [-0.15, -0.1) is 0 Å². The van der Waals surface area contributed by atoms with E-state index >= 15 is 0 Å².